The average molecular weight is 415 g/mol. The van der Waals surface area contributed by atoms with Gasteiger partial charge in [-0.2, -0.15) is 0 Å². The van der Waals surface area contributed by atoms with Crippen LogP contribution in [0.5, 0.6) is 11.5 Å². The van der Waals surface area contributed by atoms with Gasteiger partial charge in [0.15, 0.2) is 0 Å². The van der Waals surface area contributed by atoms with Crippen molar-refractivity contribution in [2.24, 2.45) is 0 Å². The van der Waals surface area contributed by atoms with Crippen molar-refractivity contribution < 1.29 is 26.8 Å². The molecule has 0 amide bonds. The van der Waals surface area contributed by atoms with Gasteiger partial charge in [0.2, 0.25) is 0 Å². The third kappa shape index (κ3) is 3.90. The maximum atomic E-state index is 10.3. The van der Waals surface area contributed by atoms with E-state index >= 15 is 0 Å². The molecule has 1 fully saturated rings. The van der Waals surface area contributed by atoms with Gasteiger partial charge in [-0.05, 0) is 87.4 Å². The minimum Gasteiger partial charge on any atom is -1.00 e. The van der Waals surface area contributed by atoms with Crippen LogP contribution in [0, 0.1) is 20.8 Å². The molecule has 0 radical (unpaired) electrons. The van der Waals surface area contributed by atoms with Crippen LogP contribution in [0.1, 0.15) is 61.3 Å². The molecule has 0 bridgehead atoms. The minimum absolute atomic E-state index is 0. The first kappa shape index (κ1) is 20.0. The lowest BCUT2D eigenvalue weighted by Gasteiger charge is -2.38. The molecular formula is C20H31BrO2S. The van der Waals surface area contributed by atoms with Gasteiger partial charge in [0, 0.05) is 12.0 Å². The molecule has 0 saturated carbocycles. The molecule has 1 aromatic rings. The fourth-order valence-electron chi connectivity index (χ4n) is 3.93. The van der Waals surface area contributed by atoms with Gasteiger partial charge in [-0.25, -0.2) is 0 Å². The summed E-state index contributed by atoms with van der Waals surface area (Å²) in [6, 6.07) is 0. The molecule has 1 aromatic carbocycles. The molecule has 3 rings (SSSR count). The predicted molar refractivity (Wildman–Crippen MR) is 100 cm³/mol. The van der Waals surface area contributed by atoms with Crippen LogP contribution in [-0.4, -0.2) is 28.0 Å². The third-order valence-electron chi connectivity index (χ3n) is 5.88. The molecule has 0 spiro atoms. The molecule has 0 aliphatic carbocycles. The number of rotatable bonds is 3. The fraction of sp³-hybridized carbons (Fsp3) is 0.700. The molecule has 136 valence electrons. The summed E-state index contributed by atoms with van der Waals surface area (Å²) in [6.45, 7) is 8.40. The van der Waals surface area contributed by atoms with Gasteiger partial charge < -0.3 is 26.8 Å². The largest absolute Gasteiger partial charge is 1.00 e. The zero-order chi connectivity index (χ0) is 16.6. The lowest BCUT2D eigenvalue weighted by molar-refractivity contribution is -0.0000104. The monoisotopic (exact) mass is 414 g/mol. The van der Waals surface area contributed by atoms with Gasteiger partial charge >= 0.3 is 0 Å². The Labute approximate surface area is 160 Å². The normalized spacial score (nSPS) is 24.0. The topological polar surface area (TPSA) is 29.5 Å². The van der Waals surface area contributed by atoms with Crippen molar-refractivity contribution in [2.45, 2.75) is 71.8 Å². The molecule has 2 aliphatic rings. The molecule has 2 nitrogen and oxygen atoms in total. The van der Waals surface area contributed by atoms with Crippen molar-refractivity contribution >= 4 is 10.9 Å². The molecule has 24 heavy (non-hydrogen) atoms. The molecule has 0 aromatic heterocycles. The van der Waals surface area contributed by atoms with Gasteiger partial charge in [0.25, 0.3) is 0 Å². The maximum absolute atomic E-state index is 10.3. The Bertz CT molecular complexity index is 596. The quantitative estimate of drug-likeness (QED) is 0.760. The van der Waals surface area contributed by atoms with Crippen LogP contribution in [0.2, 0.25) is 0 Å². The summed E-state index contributed by atoms with van der Waals surface area (Å²) in [5.74, 6) is 5.73. The van der Waals surface area contributed by atoms with E-state index in [0.29, 0.717) is 16.6 Å². The Morgan fingerprint density at radius 1 is 1.04 bits per heavy atom. The first-order valence-corrected chi connectivity index (χ1v) is 10.8. The van der Waals surface area contributed by atoms with Crippen molar-refractivity contribution in [2.75, 3.05) is 17.3 Å². The van der Waals surface area contributed by atoms with E-state index in [1.807, 2.05) is 13.8 Å². The Hall–Kier alpha value is -0.350. The standard InChI is InChI=1S/C20H30O2S.BrH/c1-14-15(2)19-17(16(3)18(14)21)8-9-20(4,22-19)10-13-23-11-6-5-7-12-23;/h5-13H2,1-4H3;1H. The van der Waals surface area contributed by atoms with Crippen LogP contribution < -0.4 is 21.7 Å². The Kier molecular flexibility index (Phi) is 6.58. The number of hydrogen-bond donors (Lipinski definition) is 1. The second kappa shape index (κ2) is 7.90. The summed E-state index contributed by atoms with van der Waals surface area (Å²) in [5.41, 5.74) is 4.30. The van der Waals surface area contributed by atoms with Crippen molar-refractivity contribution in [1.82, 2.24) is 0 Å². The second-order valence-corrected chi connectivity index (χ2v) is 10.1. The van der Waals surface area contributed by atoms with Gasteiger partial charge in [-0.1, -0.05) is 0 Å². The first-order chi connectivity index (χ1) is 10.9. The highest BCUT2D eigenvalue weighted by molar-refractivity contribution is 7.96. The molecule has 2 heterocycles. The zero-order valence-electron chi connectivity index (χ0n) is 15.5. The van der Waals surface area contributed by atoms with Crippen LogP contribution >= 0.6 is 0 Å². The molecule has 1 saturated heterocycles. The average Bonchev–Trinajstić information content (AvgIpc) is 2.57. The number of hydrogen-bond acceptors (Lipinski definition) is 2. The molecular weight excluding hydrogens is 384 g/mol. The van der Waals surface area contributed by atoms with E-state index in [0.717, 1.165) is 35.3 Å². The summed E-state index contributed by atoms with van der Waals surface area (Å²) < 4.78 is 6.55. The van der Waals surface area contributed by atoms with Crippen molar-refractivity contribution in [3.8, 4) is 11.5 Å². The predicted octanol–water partition coefficient (Wildman–Crippen LogP) is 1.60. The van der Waals surface area contributed by atoms with Crippen LogP contribution in [-0.2, 0) is 17.3 Å². The molecule has 1 N–H and O–H groups in total. The second-order valence-electron chi connectivity index (χ2n) is 7.62. The van der Waals surface area contributed by atoms with E-state index in [1.165, 1.54) is 48.5 Å². The van der Waals surface area contributed by atoms with Gasteiger partial charge in [-0.15, -0.1) is 0 Å². The summed E-state index contributed by atoms with van der Waals surface area (Å²) >= 11 is 0. The van der Waals surface area contributed by atoms with Crippen molar-refractivity contribution in [3.63, 3.8) is 0 Å². The van der Waals surface area contributed by atoms with E-state index in [4.69, 9.17) is 4.74 Å². The van der Waals surface area contributed by atoms with Crippen molar-refractivity contribution in [3.05, 3.63) is 22.3 Å². The Morgan fingerprint density at radius 3 is 2.38 bits per heavy atom. The van der Waals surface area contributed by atoms with E-state index in [2.05, 4.69) is 13.8 Å². The highest BCUT2D eigenvalue weighted by Gasteiger charge is 2.36. The number of fused-ring (bicyclic) bond motifs is 1. The van der Waals surface area contributed by atoms with Gasteiger partial charge in [0.1, 0.15) is 34.4 Å². The highest BCUT2D eigenvalue weighted by atomic mass is 79.9. The summed E-state index contributed by atoms with van der Waals surface area (Å²) in [6.07, 6.45) is 7.57. The smallest absolute Gasteiger partial charge is 0.127 e. The minimum atomic E-state index is -0.0297. The number of phenolic OH excluding ortho intramolecular Hbond substituents is 1. The Balaban J connectivity index is 0.00000208. The van der Waals surface area contributed by atoms with E-state index < -0.39 is 0 Å². The van der Waals surface area contributed by atoms with Crippen molar-refractivity contribution in [1.29, 1.82) is 0 Å². The number of phenols is 1. The lowest BCUT2D eigenvalue weighted by Crippen LogP contribution is -3.00. The fourth-order valence-corrected chi connectivity index (χ4v) is 6.48. The van der Waals surface area contributed by atoms with Gasteiger partial charge in [-0.3, -0.25) is 0 Å². The molecule has 4 heteroatoms. The van der Waals surface area contributed by atoms with E-state index in [9.17, 15) is 5.11 Å². The SMILES string of the molecule is Cc1c(C)c2c(c(C)c1O)CCC(C)(CC[S+]1CCCCC1)O2.[Br-]. The number of halogens is 1. The van der Waals surface area contributed by atoms with Crippen LogP contribution in [0.15, 0.2) is 0 Å². The summed E-state index contributed by atoms with van der Waals surface area (Å²) in [4.78, 5) is 0. The van der Waals surface area contributed by atoms with Gasteiger partial charge in [0.05, 0.1) is 0 Å². The molecule has 2 aliphatic heterocycles. The molecule has 1 atom stereocenters. The molecule has 1 unspecified atom stereocenters. The third-order valence-corrected chi connectivity index (χ3v) is 8.39. The highest BCUT2D eigenvalue weighted by Crippen LogP contribution is 2.44. The summed E-state index contributed by atoms with van der Waals surface area (Å²) in [7, 11) is 0.632. The first-order valence-electron chi connectivity index (χ1n) is 9.06. The van der Waals surface area contributed by atoms with Crippen LogP contribution in [0.3, 0.4) is 0 Å². The summed E-state index contributed by atoms with van der Waals surface area (Å²) in [5, 5.41) is 10.3. The lowest BCUT2D eigenvalue weighted by atomic mass is 9.86. The zero-order valence-corrected chi connectivity index (χ0v) is 17.9. The van der Waals surface area contributed by atoms with E-state index in [1.54, 1.807) is 0 Å². The number of benzene rings is 1. The number of ether oxygens (including phenoxy) is 1. The van der Waals surface area contributed by atoms with Crippen LogP contribution in [0.25, 0.3) is 0 Å². The van der Waals surface area contributed by atoms with Crippen LogP contribution in [0.4, 0.5) is 0 Å². The number of aromatic hydroxyl groups is 1. The van der Waals surface area contributed by atoms with E-state index in [-0.39, 0.29) is 22.6 Å². The maximum Gasteiger partial charge on any atom is 0.127 e. The Morgan fingerprint density at radius 2 is 1.71 bits per heavy atom.